The van der Waals surface area contributed by atoms with Crippen LogP contribution in [-0.4, -0.2) is 81.4 Å². The van der Waals surface area contributed by atoms with Crippen molar-refractivity contribution in [1.29, 1.82) is 0 Å². The van der Waals surface area contributed by atoms with Gasteiger partial charge in [-0.25, -0.2) is 4.79 Å². The summed E-state index contributed by atoms with van der Waals surface area (Å²) in [5.41, 5.74) is 10.7. The quantitative estimate of drug-likeness (QED) is 0.187. The van der Waals surface area contributed by atoms with Crippen LogP contribution in [0.15, 0.2) is 0 Å². The van der Waals surface area contributed by atoms with Crippen LogP contribution in [0, 0.1) is 0 Å². The van der Waals surface area contributed by atoms with Crippen molar-refractivity contribution in [2.75, 3.05) is 6.54 Å². The van der Waals surface area contributed by atoms with E-state index in [-0.39, 0.29) is 38.6 Å². The average molecular weight is 443 g/mol. The van der Waals surface area contributed by atoms with E-state index in [1.807, 2.05) is 0 Å². The number of nitrogens with two attached hydrogens (primary N) is 2. The van der Waals surface area contributed by atoms with Gasteiger partial charge in [-0.15, -0.1) is 0 Å². The lowest BCUT2D eigenvalue weighted by Gasteiger charge is -2.28. The topological polar surface area (TPSA) is 222 Å². The van der Waals surface area contributed by atoms with Crippen LogP contribution in [0.1, 0.15) is 45.4 Å². The monoisotopic (exact) mass is 443 g/mol. The first-order chi connectivity index (χ1) is 14.4. The first-order valence-corrected chi connectivity index (χ1v) is 9.83. The number of aliphatic carboxylic acids is 2. The third kappa shape index (κ3) is 8.20. The number of hydrogen-bond donors (Lipinski definition) is 6. The van der Waals surface area contributed by atoms with Crippen LogP contribution in [0.5, 0.6) is 0 Å². The van der Waals surface area contributed by atoms with Crippen molar-refractivity contribution in [1.82, 2.24) is 15.5 Å². The molecule has 1 saturated heterocycles. The fourth-order valence-corrected chi connectivity index (χ4v) is 3.12. The Bertz CT molecular complexity index is 728. The number of carbonyl (C=O) groups is 6. The van der Waals surface area contributed by atoms with Gasteiger partial charge in [-0.3, -0.25) is 24.0 Å². The number of likely N-dealkylation sites (tertiary alicyclic amines) is 1. The molecule has 13 nitrogen and oxygen atoms in total. The molecule has 1 aliphatic rings. The van der Waals surface area contributed by atoms with Crippen LogP contribution in [0.2, 0.25) is 0 Å². The van der Waals surface area contributed by atoms with E-state index < -0.39 is 59.7 Å². The van der Waals surface area contributed by atoms with E-state index in [2.05, 4.69) is 10.6 Å². The molecule has 4 amide bonds. The number of carboxylic acid groups (broad SMARTS) is 2. The van der Waals surface area contributed by atoms with Crippen LogP contribution in [0.3, 0.4) is 0 Å². The summed E-state index contributed by atoms with van der Waals surface area (Å²) in [6.07, 6.45) is -0.0387. The summed E-state index contributed by atoms with van der Waals surface area (Å²) in [4.78, 5) is 71.6. The van der Waals surface area contributed by atoms with Gasteiger partial charge in [0.15, 0.2) is 0 Å². The van der Waals surface area contributed by atoms with E-state index in [1.165, 1.54) is 6.92 Å². The van der Waals surface area contributed by atoms with Gasteiger partial charge in [0, 0.05) is 19.4 Å². The summed E-state index contributed by atoms with van der Waals surface area (Å²) in [5.74, 6) is -5.14. The summed E-state index contributed by atoms with van der Waals surface area (Å²) in [6, 6.07) is -4.49. The predicted molar refractivity (Wildman–Crippen MR) is 105 cm³/mol. The Labute approximate surface area is 178 Å². The number of rotatable bonds is 12. The number of nitrogens with zero attached hydrogens (tertiary/aromatic N) is 1. The van der Waals surface area contributed by atoms with Crippen molar-refractivity contribution in [2.45, 2.75) is 69.6 Å². The summed E-state index contributed by atoms with van der Waals surface area (Å²) < 4.78 is 0. The van der Waals surface area contributed by atoms with E-state index in [9.17, 15) is 33.9 Å². The molecule has 0 aromatic rings. The molecular formula is C18H29N5O8. The molecule has 174 valence electrons. The molecule has 4 atom stereocenters. The minimum Gasteiger partial charge on any atom is -0.481 e. The van der Waals surface area contributed by atoms with Gasteiger partial charge in [0.05, 0.1) is 6.04 Å². The molecule has 0 spiro atoms. The number of hydrogen-bond acceptors (Lipinski definition) is 7. The summed E-state index contributed by atoms with van der Waals surface area (Å²) in [7, 11) is 0. The standard InChI is InChI=1S/C18H29N5O8/c1-9(21-16(28)10(19)4-7-14(25)26)15(27)22-11(5-6-13(20)24)17(29)23-8-2-3-12(23)18(30)31/h9-12H,2-8,19H2,1H3,(H2,20,24)(H,21,28)(H,22,27)(H,25,26)(H,30,31). The van der Waals surface area contributed by atoms with E-state index >= 15 is 0 Å². The Morgan fingerprint density at radius 3 is 2.23 bits per heavy atom. The average Bonchev–Trinajstić information content (AvgIpc) is 3.18. The molecule has 0 aliphatic carbocycles. The second-order valence-electron chi connectivity index (χ2n) is 7.36. The van der Waals surface area contributed by atoms with Crippen LogP contribution >= 0.6 is 0 Å². The van der Waals surface area contributed by atoms with Crippen molar-refractivity contribution < 1.29 is 39.0 Å². The van der Waals surface area contributed by atoms with Gasteiger partial charge >= 0.3 is 11.9 Å². The first-order valence-electron chi connectivity index (χ1n) is 9.83. The molecule has 1 rings (SSSR count). The van der Waals surface area contributed by atoms with E-state index in [1.54, 1.807) is 0 Å². The highest BCUT2D eigenvalue weighted by Crippen LogP contribution is 2.19. The number of primary amides is 1. The highest BCUT2D eigenvalue weighted by atomic mass is 16.4. The lowest BCUT2D eigenvalue weighted by Crippen LogP contribution is -2.56. The smallest absolute Gasteiger partial charge is 0.326 e. The van der Waals surface area contributed by atoms with Gasteiger partial charge < -0.3 is 37.2 Å². The minimum absolute atomic E-state index is 0.124. The highest BCUT2D eigenvalue weighted by molar-refractivity contribution is 5.94. The molecule has 8 N–H and O–H groups in total. The molecule has 0 radical (unpaired) electrons. The molecule has 1 heterocycles. The molecule has 13 heteroatoms. The fourth-order valence-electron chi connectivity index (χ4n) is 3.12. The molecule has 31 heavy (non-hydrogen) atoms. The van der Waals surface area contributed by atoms with E-state index in [0.29, 0.717) is 6.42 Å². The molecule has 0 bridgehead atoms. The highest BCUT2D eigenvalue weighted by Gasteiger charge is 2.38. The lowest BCUT2D eigenvalue weighted by atomic mass is 10.1. The Morgan fingerprint density at radius 1 is 1.03 bits per heavy atom. The van der Waals surface area contributed by atoms with E-state index in [0.717, 1.165) is 4.90 Å². The Balaban J connectivity index is 2.79. The lowest BCUT2D eigenvalue weighted by molar-refractivity contribution is -0.149. The van der Waals surface area contributed by atoms with Crippen LogP contribution in [-0.2, 0) is 28.8 Å². The number of amides is 4. The van der Waals surface area contributed by atoms with Gasteiger partial charge in [-0.1, -0.05) is 0 Å². The molecule has 4 unspecified atom stereocenters. The Hall–Kier alpha value is -3.22. The van der Waals surface area contributed by atoms with Crippen molar-refractivity contribution in [3.8, 4) is 0 Å². The molecule has 1 fully saturated rings. The van der Waals surface area contributed by atoms with Crippen LogP contribution in [0.25, 0.3) is 0 Å². The van der Waals surface area contributed by atoms with Crippen LogP contribution < -0.4 is 22.1 Å². The van der Waals surface area contributed by atoms with Crippen molar-refractivity contribution in [3.05, 3.63) is 0 Å². The molecular weight excluding hydrogens is 414 g/mol. The zero-order valence-corrected chi connectivity index (χ0v) is 17.2. The number of carboxylic acids is 2. The van der Waals surface area contributed by atoms with Crippen LogP contribution in [0.4, 0.5) is 0 Å². The Kier molecular flexibility index (Phi) is 9.86. The number of carbonyl (C=O) groups excluding carboxylic acids is 4. The van der Waals surface area contributed by atoms with Crippen molar-refractivity contribution >= 4 is 35.6 Å². The maximum Gasteiger partial charge on any atom is 0.326 e. The fraction of sp³-hybridized carbons (Fsp3) is 0.667. The van der Waals surface area contributed by atoms with Crippen molar-refractivity contribution in [2.24, 2.45) is 11.5 Å². The third-order valence-corrected chi connectivity index (χ3v) is 4.87. The summed E-state index contributed by atoms with van der Waals surface area (Å²) in [5, 5.41) is 22.7. The molecule has 0 aromatic carbocycles. The maximum atomic E-state index is 12.8. The zero-order valence-electron chi connectivity index (χ0n) is 17.2. The Morgan fingerprint density at radius 2 is 1.68 bits per heavy atom. The first kappa shape index (κ1) is 25.8. The summed E-state index contributed by atoms with van der Waals surface area (Å²) in [6.45, 7) is 1.53. The second-order valence-corrected chi connectivity index (χ2v) is 7.36. The molecule has 1 aliphatic heterocycles. The summed E-state index contributed by atoms with van der Waals surface area (Å²) >= 11 is 0. The van der Waals surface area contributed by atoms with Gasteiger partial charge in [0.1, 0.15) is 18.1 Å². The van der Waals surface area contributed by atoms with Gasteiger partial charge in [0.2, 0.25) is 23.6 Å². The normalized spacial score (nSPS) is 18.5. The van der Waals surface area contributed by atoms with E-state index in [4.69, 9.17) is 16.6 Å². The molecule has 0 aromatic heterocycles. The zero-order chi connectivity index (χ0) is 23.7. The van der Waals surface area contributed by atoms with Crippen molar-refractivity contribution in [3.63, 3.8) is 0 Å². The van der Waals surface area contributed by atoms with Gasteiger partial charge in [-0.2, -0.15) is 0 Å². The SMILES string of the molecule is CC(NC(=O)C(N)CCC(=O)O)C(=O)NC(CCC(N)=O)C(=O)N1CCCC1C(=O)O. The van der Waals surface area contributed by atoms with Gasteiger partial charge in [0.25, 0.3) is 0 Å². The minimum atomic E-state index is -1.21. The third-order valence-electron chi connectivity index (χ3n) is 4.87. The molecule has 0 saturated carbocycles. The maximum absolute atomic E-state index is 12.8. The second kappa shape index (κ2) is 11.8. The largest absolute Gasteiger partial charge is 0.481 e. The number of nitrogens with one attached hydrogen (secondary N) is 2. The van der Waals surface area contributed by atoms with Gasteiger partial charge in [-0.05, 0) is 32.6 Å². The predicted octanol–water partition coefficient (Wildman–Crippen LogP) is -2.49.